The molecule has 0 spiro atoms. The van der Waals surface area contributed by atoms with Gasteiger partial charge in [0.2, 0.25) is 5.91 Å². The van der Waals surface area contributed by atoms with E-state index in [9.17, 15) is 9.59 Å². The first kappa shape index (κ1) is 17.1. The van der Waals surface area contributed by atoms with Crippen LogP contribution in [0.3, 0.4) is 0 Å². The molecule has 2 amide bonds. The van der Waals surface area contributed by atoms with Crippen LogP contribution in [0.2, 0.25) is 0 Å². The number of rotatable bonds is 3. The van der Waals surface area contributed by atoms with Crippen molar-refractivity contribution in [2.24, 2.45) is 0 Å². The molecule has 0 aromatic heterocycles. The summed E-state index contributed by atoms with van der Waals surface area (Å²) >= 11 is 0. The van der Waals surface area contributed by atoms with Crippen LogP contribution in [-0.4, -0.2) is 29.8 Å². The highest BCUT2D eigenvalue weighted by Crippen LogP contribution is 2.30. The van der Waals surface area contributed by atoms with Crippen LogP contribution in [-0.2, 0) is 9.59 Å². The molecule has 0 aliphatic carbocycles. The van der Waals surface area contributed by atoms with Gasteiger partial charge >= 0.3 is 0 Å². The molecule has 4 rings (SSSR count). The molecule has 1 fully saturated rings. The van der Waals surface area contributed by atoms with Gasteiger partial charge in [0.25, 0.3) is 5.91 Å². The number of carbonyl (C=O) groups excluding carboxylic acids is 2. The second kappa shape index (κ2) is 7.50. The third kappa shape index (κ3) is 3.92. The first-order valence-electron chi connectivity index (χ1n) is 9.06. The minimum atomic E-state index is -0.270. The highest BCUT2D eigenvalue weighted by Gasteiger charge is 2.21. The third-order valence-corrected chi connectivity index (χ3v) is 4.65. The molecular weight excluding hydrogens is 340 g/mol. The summed E-state index contributed by atoms with van der Waals surface area (Å²) in [5, 5.41) is 2.82. The van der Waals surface area contributed by atoms with Gasteiger partial charge in [-0.05, 0) is 48.3 Å². The summed E-state index contributed by atoms with van der Waals surface area (Å²) in [5.74, 6) is 0.669. The molecule has 0 bridgehead atoms. The van der Waals surface area contributed by atoms with Gasteiger partial charge in [0.1, 0.15) is 0 Å². The van der Waals surface area contributed by atoms with Crippen LogP contribution in [0.4, 0.5) is 5.69 Å². The standard InChI is InChI=1S/C22H20N2O3/c25-21(24-13-3-4-14-24)12-11-16-7-9-17(10-8-16)15-20-22(26)23-18-5-1-2-6-19(18)27-20/h1-2,5-12,15H,3-4,13-14H2,(H,23,26)/b12-11+,20-15-. The van der Waals surface area contributed by atoms with E-state index in [4.69, 9.17) is 4.74 Å². The van der Waals surface area contributed by atoms with Crippen LogP contribution in [0.25, 0.3) is 12.2 Å². The van der Waals surface area contributed by atoms with Crippen molar-refractivity contribution in [2.45, 2.75) is 12.8 Å². The number of amides is 2. The Morgan fingerprint density at radius 3 is 2.48 bits per heavy atom. The fourth-order valence-electron chi connectivity index (χ4n) is 3.17. The lowest BCUT2D eigenvalue weighted by atomic mass is 10.1. The molecule has 0 unspecified atom stereocenters. The van der Waals surface area contributed by atoms with Gasteiger partial charge in [-0.2, -0.15) is 0 Å². The topological polar surface area (TPSA) is 58.6 Å². The number of benzene rings is 2. The number of anilines is 1. The highest BCUT2D eigenvalue weighted by molar-refractivity contribution is 6.08. The molecule has 2 heterocycles. The first-order chi connectivity index (χ1) is 13.2. The Kier molecular flexibility index (Phi) is 4.75. The third-order valence-electron chi connectivity index (χ3n) is 4.65. The number of ether oxygens (including phenoxy) is 1. The van der Waals surface area contributed by atoms with E-state index in [0.717, 1.165) is 37.1 Å². The van der Waals surface area contributed by atoms with E-state index in [1.165, 1.54) is 0 Å². The molecule has 2 aliphatic rings. The summed E-state index contributed by atoms with van der Waals surface area (Å²) < 4.78 is 5.70. The number of likely N-dealkylation sites (tertiary alicyclic amines) is 1. The van der Waals surface area contributed by atoms with E-state index in [-0.39, 0.29) is 17.6 Å². The van der Waals surface area contributed by atoms with E-state index in [0.29, 0.717) is 11.4 Å². The van der Waals surface area contributed by atoms with Crippen molar-refractivity contribution >= 4 is 29.7 Å². The zero-order valence-electron chi connectivity index (χ0n) is 14.9. The molecule has 27 heavy (non-hydrogen) atoms. The molecule has 2 aromatic carbocycles. The summed E-state index contributed by atoms with van der Waals surface area (Å²) in [6.45, 7) is 1.70. The van der Waals surface area contributed by atoms with Crippen molar-refractivity contribution < 1.29 is 14.3 Å². The predicted molar refractivity (Wildman–Crippen MR) is 105 cm³/mol. The maximum Gasteiger partial charge on any atom is 0.291 e. The lowest BCUT2D eigenvalue weighted by molar-refractivity contribution is -0.124. The average Bonchev–Trinajstić information content (AvgIpc) is 3.23. The Bertz CT molecular complexity index is 923. The van der Waals surface area contributed by atoms with Crippen molar-refractivity contribution in [1.29, 1.82) is 0 Å². The molecule has 0 atom stereocenters. The average molecular weight is 360 g/mol. The fraction of sp³-hybridized carbons (Fsp3) is 0.182. The van der Waals surface area contributed by atoms with Gasteiger partial charge in [0, 0.05) is 19.2 Å². The Labute approximate surface area is 157 Å². The molecule has 5 heteroatoms. The van der Waals surface area contributed by atoms with Gasteiger partial charge in [0.05, 0.1) is 5.69 Å². The Morgan fingerprint density at radius 2 is 1.70 bits per heavy atom. The van der Waals surface area contributed by atoms with E-state index in [2.05, 4.69) is 5.32 Å². The monoisotopic (exact) mass is 360 g/mol. The fourth-order valence-corrected chi connectivity index (χ4v) is 3.17. The summed E-state index contributed by atoms with van der Waals surface area (Å²) in [6, 6.07) is 14.9. The van der Waals surface area contributed by atoms with Crippen molar-refractivity contribution in [3.05, 3.63) is 71.5 Å². The van der Waals surface area contributed by atoms with Crippen LogP contribution in [0.1, 0.15) is 24.0 Å². The van der Waals surface area contributed by atoms with Gasteiger partial charge in [-0.3, -0.25) is 9.59 Å². The van der Waals surface area contributed by atoms with Crippen molar-refractivity contribution in [3.8, 4) is 5.75 Å². The first-order valence-corrected chi connectivity index (χ1v) is 9.06. The second-order valence-corrected chi connectivity index (χ2v) is 6.59. The normalized spacial score (nSPS) is 17.7. The van der Waals surface area contributed by atoms with Gasteiger partial charge in [-0.1, -0.05) is 36.4 Å². The minimum absolute atomic E-state index is 0.0598. The summed E-state index contributed by atoms with van der Waals surface area (Å²) in [6.07, 6.45) is 7.31. The smallest absolute Gasteiger partial charge is 0.291 e. The summed E-state index contributed by atoms with van der Waals surface area (Å²) in [4.78, 5) is 26.1. The summed E-state index contributed by atoms with van der Waals surface area (Å²) in [7, 11) is 0. The molecular formula is C22H20N2O3. The maximum absolute atomic E-state index is 12.2. The number of nitrogens with one attached hydrogen (secondary N) is 1. The number of fused-ring (bicyclic) bond motifs is 1. The quantitative estimate of drug-likeness (QED) is 0.849. The zero-order chi connectivity index (χ0) is 18.6. The number of nitrogens with zero attached hydrogens (tertiary/aromatic N) is 1. The molecule has 0 radical (unpaired) electrons. The molecule has 136 valence electrons. The van der Waals surface area contributed by atoms with Crippen LogP contribution in [0.15, 0.2) is 60.4 Å². The molecule has 2 aromatic rings. The lowest BCUT2D eigenvalue weighted by Gasteiger charge is -2.19. The lowest BCUT2D eigenvalue weighted by Crippen LogP contribution is -2.25. The van der Waals surface area contributed by atoms with Crippen molar-refractivity contribution in [3.63, 3.8) is 0 Å². The van der Waals surface area contributed by atoms with Crippen LogP contribution >= 0.6 is 0 Å². The molecule has 1 saturated heterocycles. The van der Waals surface area contributed by atoms with Gasteiger partial charge in [0.15, 0.2) is 11.5 Å². The Balaban J connectivity index is 1.45. The number of carbonyl (C=O) groups is 2. The zero-order valence-corrected chi connectivity index (χ0v) is 14.9. The molecule has 1 N–H and O–H groups in total. The van der Waals surface area contributed by atoms with E-state index in [1.807, 2.05) is 53.4 Å². The number of hydrogen-bond donors (Lipinski definition) is 1. The van der Waals surface area contributed by atoms with E-state index < -0.39 is 0 Å². The Hall–Kier alpha value is -3.34. The SMILES string of the molecule is O=C1Nc2ccccc2O/C1=C\c1ccc(/C=C/C(=O)N2CCCC2)cc1. The molecule has 0 saturated carbocycles. The Morgan fingerprint density at radius 1 is 1.00 bits per heavy atom. The van der Waals surface area contributed by atoms with Crippen LogP contribution < -0.4 is 10.1 Å². The predicted octanol–water partition coefficient (Wildman–Crippen LogP) is 3.69. The number of para-hydroxylation sites is 2. The van der Waals surface area contributed by atoms with Crippen LogP contribution in [0.5, 0.6) is 5.75 Å². The second-order valence-electron chi connectivity index (χ2n) is 6.59. The van der Waals surface area contributed by atoms with E-state index in [1.54, 1.807) is 18.2 Å². The largest absolute Gasteiger partial charge is 0.449 e. The maximum atomic E-state index is 12.2. The number of hydrogen-bond acceptors (Lipinski definition) is 3. The van der Waals surface area contributed by atoms with Gasteiger partial charge in [-0.15, -0.1) is 0 Å². The van der Waals surface area contributed by atoms with E-state index >= 15 is 0 Å². The highest BCUT2D eigenvalue weighted by atomic mass is 16.5. The summed E-state index contributed by atoms with van der Waals surface area (Å²) in [5.41, 5.74) is 2.45. The van der Waals surface area contributed by atoms with Gasteiger partial charge in [-0.25, -0.2) is 0 Å². The molecule has 2 aliphatic heterocycles. The van der Waals surface area contributed by atoms with Crippen LogP contribution in [0, 0.1) is 0 Å². The molecule has 5 nitrogen and oxygen atoms in total. The van der Waals surface area contributed by atoms with Gasteiger partial charge < -0.3 is 15.0 Å². The van der Waals surface area contributed by atoms with Crippen molar-refractivity contribution in [1.82, 2.24) is 4.90 Å². The minimum Gasteiger partial charge on any atom is -0.449 e. The van der Waals surface area contributed by atoms with Crippen molar-refractivity contribution in [2.75, 3.05) is 18.4 Å².